The van der Waals surface area contributed by atoms with Gasteiger partial charge in [0, 0.05) is 37.1 Å². The number of aromatic nitrogens is 7. The summed E-state index contributed by atoms with van der Waals surface area (Å²) in [4.78, 5) is 31.7. The summed E-state index contributed by atoms with van der Waals surface area (Å²) in [5.41, 5.74) is 1.76. The van der Waals surface area contributed by atoms with Crippen molar-refractivity contribution in [3.8, 4) is 23.5 Å². The Labute approximate surface area is 162 Å². The molecule has 1 aliphatic heterocycles. The molecule has 1 aliphatic rings. The second-order valence-electron chi connectivity index (χ2n) is 6.56. The van der Waals surface area contributed by atoms with Gasteiger partial charge >= 0.3 is 12.0 Å². The number of rotatable bonds is 5. The standard InChI is InChI=1S/C18H22N8O2/c1-11-10-13(15-19-6-7-20-15)22-14(21-11)12-4-8-26(9-5-12)16-23-17(27-2)25-18(24-16)28-3/h6-7,10,12H,4-5,8-9H2,1-3H3,(H,19,20). The first-order valence-corrected chi connectivity index (χ1v) is 9.10. The molecule has 3 aromatic heterocycles. The Balaban J connectivity index is 1.50. The average molecular weight is 382 g/mol. The van der Waals surface area contributed by atoms with Crippen molar-refractivity contribution in [3.63, 3.8) is 0 Å². The molecule has 0 aromatic carbocycles. The van der Waals surface area contributed by atoms with Gasteiger partial charge in [0.05, 0.1) is 14.2 Å². The van der Waals surface area contributed by atoms with Crippen LogP contribution in [0.1, 0.15) is 30.3 Å². The molecular formula is C18H22N8O2. The van der Waals surface area contributed by atoms with Gasteiger partial charge in [-0.15, -0.1) is 4.98 Å². The first-order valence-electron chi connectivity index (χ1n) is 9.10. The van der Waals surface area contributed by atoms with E-state index in [2.05, 4.69) is 34.8 Å². The van der Waals surface area contributed by atoms with Gasteiger partial charge in [0.15, 0.2) is 5.82 Å². The van der Waals surface area contributed by atoms with E-state index in [0.29, 0.717) is 5.95 Å². The highest BCUT2D eigenvalue weighted by Gasteiger charge is 2.26. The monoisotopic (exact) mass is 382 g/mol. The molecule has 0 aliphatic carbocycles. The molecule has 0 bridgehead atoms. The van der Waals surface area contributed by atoms with E-state index in [-0.39, 0.29) is 17.9 Å². The van der Waals surface area contributed by atoms with E-state index in [0.717, 1.165) is 49.0 Å². The summed E-state index contributed by atoms with van der Waals surface area (Å²) in [6.07, 6.45) is 5.32. The normalized spacial score (nSPS) is 14.9. The molecule has 28 heavy (non-hydrogen) atoms. The summed E-state index contributed by atoms with van der Waals surface area (Å²) in [6.45, 7) is 3.55. The van der Waals surface area contributed by atoms with Crippen LogP contribution < -0.4 is 14.4 Å². The topological polar surface area (TPSA) is 115 Å². The molecule has 10 heteroatoms. The lowest BCUT2D eigenvalue weighted by Crippen LogP contribution is -2.35. The SMILES string of the molecule is COc1nc(OC)nc(N2CCC(c3nc(C)cc(-c4ncc[nH]4)n3)CC2)n1. The maximum atomic E-state index is 5.14. The maximum absolute atomic E-state index is 5.14. The van der Waals surface area contributed by atoms with Gasteiger partial charge in [-0.05, 0) is 25.8 Å². The number of methoxy groups -OCH3 is 2. The van der Waals surface area contributed by atoms with Crippen molar-refractivity contribution in [2.24, 2.45) is 0 Å². The molecule has 1 fully saturated rings. The van der Waals surface area contributed by atoms with E-state index in [4.69, 9.17) is 14.5 Å². The highest BCUT2D eigenvalue weighted by Crippen LogP contribution is 2.29. The summed E-state index contributed by atoms with van der Waals surface area (Å²) in [5, 5.41) is 0. The minimum atomic E-state index is 0.245. The van der Waals surface area contributed by atoms with Crippen molar-refractivity contribution in [3.05, 3.63) is 30.0 Å². The zero-order valence-corrected chi connectivity index (χ0v) is 16.1. The largest absolute Gasteiger partial charge is 0.467 e. The van der Waals surface area contributed by atoms with Gasteiger partial charge in [-0.1, -0.05) is 0 Å². The molecule has 0 radical (unpaired) electrons. The molecule has 0 amide bonds. The fourth-order valence-corrected chi connectivity index (χ4v) is 3.29. The van der Waals surface area contributed by atoms with Crippen LogP contribution in [0.4, 0.5) is 5.95 Å². The predicted octanol–water partition coefficient (Wildman–Crippen LogP) is 1.76. The van der Waals surface area contributed by atoms with Gasteiger partial charge in [0.1, 0.15) is 11.5 Å². The Morgan fingerprint density at radius 3 is 2.32 bits per heavy atom. The van der Waals surface area contributed by atoms with Crippen LogP contribution in [0.15, 0.2) is 18.5 Å². The molecule has 3 aromatic rings. The molecule has 0 saturated carbocycles. The van der Waals surface area contributed by atoms with E-state index >= 15 is 0 Å². The van der Waals surface area contributed by atoms with Crippen molar-refractivity contribution in [1.82, 2.24) is 34.9 Å². The van der Waals surface area contributed by atoms with Crippen molar-refractivity contribution >= 4 is 5.95 Å². The van der Waals surface area contributed by atoms with E-state index < -0.39 is 0 Å². The number of nitrogens with one attached hydrogen (secondary N) is 1. The van der Waals surface area contributed by atoms with Gasteiger partial charge in [-0.2, -0.15) is 9.97 Å². The Morgan fingerprint density at radius 1 is 1.00 bits per heavy atom. The summed E-state index contributed by atoms with van der Waals surface area (Å²) in [7, 11) is 3.05. The van der Waals surface area contributed by atoms with Crippen LogP contribution in [0.5, 0.6) is 12.0 Å². The number of anilines is 1. The van der Waals surface area contributed by atoms with E-state index in [1.54, 1.807) is 12.4 Å². The number of aryl methyl sites for hydroxylation is 1. The van der Waals surface area contributed by atoms with Gasteiger partial charge in [0.25, 0.3) is 0 Å². The van der Waals surface area contributed by atoms with Crippen molar-refractivity contribution in [1.29, 1.82) is 0 Å². The number of H-pyrrole nitrogens is 1. The van der Waals surface area contributed by atoms with Crippen LogP contribution in [-0.4, -0.2) is 62.2 Å². The van der Waals surface area contributed by atoms with Crippen LogP contribution in [0.3, 0.4) is 0 Å². The maximum Gasteiger partial charge on any atom is 0.324 e. The highest BCUT2D eigenvalue weighted by molar-refractivity contribution is 5.49. The molecule has 146 valence electrons. The van der Waals surface area contributed by atoms with Crippen molar-refractivity contribution in [2.75, 3.05) is 32.2 Å². The van der Waals surface area contributed by atoms with E-state index in [1.807, 2.05) is 13.0 Å². The van der Waals surface area contributed by atoms with E-state index in [1.165, 1.54) is 14.2 Å². The molecular weight excluding hydrogens is 360 g/mol. The van der Waals surface area contributed by atoms with Crippen LogP contribution in [0.25, 0.3) is 11.5 Å². The number of nitrogens with zero attached hydrogens (tertiary/aromatic N) is 7. The molecule has 0 unspecified atom stereocenters. The van der Waals surface area contributed by atoms with Gasteiger partial charge < -0.3 is 19.4 Å². The molecule has 4 heterocycles. The molecule has 0 spiro atoms. The zero-order chi connectivity index (χ0) is 19.5. The first kappa shape index (κ1) is 18.1. The number of hydrogen-bond acceptors (Lipinski definition) is 9. The third-order valence-corrected chi connectivity index (χ3v) is 4.70. The summed E-state index contributed by atoms with van der Waals surface area (Å²) < 4.78 is 10.3. The van der Waals surface area contributed by atoms with Crippen LogP contribution >= 0.6 is 0 Å². The second kappa shape index (κ2) is 7.75. The highest BCUT2D eigenvalue weighted by atomic mass is 16.5. The number of imidazole rings is 1. The van der Waals surface area contributed by atoms with Crippen LogP contribution in [-0.2, 0) is 0 Å². The van der Waals surface area contributed by atoms with Crippen molar-refractivity contribution in [2.45, 2.75) is 25.7 Å². The minimum absolute atomic E-state index is 0.245. The zero-order valence-electron chi connectivity index (χ0n) is 16.1. The third kappa shape index (κ3) is 3.71. The lowest BCUT2D eigenvalue weighted by molar-refractivity contribution is 0.338. The smallest absolute Gasteiger partial charge is 0.324 e. The van der Waals surface area contributed by atoms with Gasteiger partial charge in [-0.25, -0.2) is 15.0 Å². The van der Waals surface area contributed by atoms with E-state index in [9.17, 15) is 0 Å². The number of hydrogen-bond donors (Lipinski definition) is 1. The Hall–Kier alpha value is -3.30. The quantitative estimate of drug-likeness (QED) is 0.704. The molecule has 4 rings (SSSR count). The molecule has 10 nitrogen and oxygen atoms in total. The van der Waals surface area contributed by atoms with Crippen molar-refractivity contribution < 1.29 is 9.47 Å². The molecule has 1 N–H and O–H groups in total. The summed E-state index contributed by atoms with van der Waals surface area (Å²) in [6, 6.07) is 2.43. The molecule has 0 atom stereocenters. The lowest BCUT2D eigenvalue weighted by Gasteiger charge is -2.31. The summed E-state index contributed by atoms with van der Waals surface area (Å²) in [5.74, 6) is 2.45. The fourth-order valence-electron chi connectivity index (χ4n) is 3.29. The summed E-state index contributed by atoms with van der Waals surface area (Å²) >= 11 is 0. The Kier molecular flexibility index (Phi) is 5.00. The second-order valence-corrected chi connectivity index (χ2v) is 6.56. The van der Waals surface area contributed by atoms with Crippen LogP contribution in [0, 0.1) is 6.92 Å². The number of piperidine rings is 1. The molecule has 1 saturated heterocycles. The fraction of sp³-hybridized carbons (Fsp3) is 0.444. The number of ether oxygens (including phenoxy) is 2. The lowest BCUT2D eigenvalue weighted by atomic mass is 9.96. The number of aromatic amines is 1. The Bertz CT molecular complexity index is 917. The first-order chi connectivity index (χ1) is 13.7. The minimum Gasteiger partial charge on any atom is -0.467 e. The third-order valence-electron chi connectivity index (χ3n) is 4.70. The van der Waals surface area contributed by atoms with Gasteiger partial charge in [0.2, 0.25) is 5.95 Å². The predicted molar refractivity (Wildman–Crippen MR) is 101 cm³/mol. The van der Waals surface area contributed by atoms with Crippen LogP contribution in [0.2, 0.25) is 0 Å². The van der Waals surface area contributed by atoms with Gasteiger partial charge in [-0.3, -0.25) is 0 Å². The Morgan fingerprint density at radius 2 is 1.71 bits per heavy atom. The average Bonchev–Trinajstić information content (AvgIpc) is 3.28.